The van der Waals surface area contributed by atoms with Crippen molar-refractivity contribution in [3.63, 3.8) is 0 Å². The molecule has 3 atom stereocenters. The van der Waals surface area contributed by atoms with Crippen molar-refractivity contribution in [2.24, 2.45) is 0 Å². The lowest BCUT2D eigenvalue weighted by molar-refractivity contribution is -0.870. The van der Waals surface area contributed by atoms with Crippen LogP contribution in [-0.2, 0) is 27.9 Å². The van der Waals surface area contributed by atoms with Crippen molar-refractivity contribution < 1.29 is 37.3 Å². The van der Waals surface area contributed by atoms with Crippen LogP contribution in [0.1, 0.15) is 290 Å². The highest BCUT2D eigenvalue weighted by Gasteiger charge is 2.30. The zero-order valence-electron chi connectivity index (χ0n) is 54.7. The predicted molar refractivity (Wildman–Crippen MR) is 360 cm³/mol. The van der Waals surface area contributed by atoms with E-state index < -0.39 is 20.0 Å². The molecule has 9 nitrogen and oxygen atoms in total. The van der Waals surface area contributed by atoms with Gasteiger partial charge in [-0.25, -0.2) is 4.57 Å². The quantitative estimate of drug-likeness (QED) is 0.0205. The number of nitrogens with zero attached hydrogens (tertiary/aromatic N) is 1. The van der Waals surface area contributed by atoms with Gasteiger partial charge in [0, 0.05) is 12.8 Å². The maximum atomic E-state index is 13.6. The molecule has 0 aliphatic heterocycles. The SMILES string of the molecule is CC/C=C\C/C=C\C/C=C\C/C=C\C/C=C\CCCCCCCCCCCC(=O)NC(COP(=O)(O)OCC[N+](C)(C)C)C(/C=C\CCCCCCCCCCC)OC(=O)CCCCCCCCCC/C=C\C/C=C\C/C=C\CCCCC. The number of carbonyl (C=O) groups excluding carboxylic acids is 2. The van der Waals surface area contributed by atoms with Crippen molar-refractivity contribution >= 4 is 19.7 Å². The van der Waals surface area contributed by atoms with Gasteiger partial charge in [0.2, 0.25) is 5.91 Å². The van der Waals surface area contributed by atoms with Gasteiger partial charge in [-0.1, -0.05) is 272 Å². The smallest absolute Gasteiger partial charge is 0.456 e. The number of quaternary nitrogens is 1. The predicted octanol–water partition coefficient (Wildman–Crippen LogP) is 21.7. The monoisotopic (exact) mass is 1180 g/mol. The van der Waals surface area contributed by atoms with Crippen molar-refractivity contribution in [2.75, 3.05) is 40.9 Å². The molecule has 0 aliphatic rings. The number of allylic oxidation sites excluding steroid dienone is 17. The summed E-state index contributed by atoms with van der Waals surface area (Å²) in [5.74, 6) is -0.522. The Morgan fingerprint density at radius 2 is 0.771 bits per heavy atom. The van der Waals surface area contributed by atoms with E-state index >= 15 is 0 Å². The Labute approximate surface area is 512 Å². The molecule has 478 valence electrons. The summed E-state index contributed by atoms with van der Waals surface area (Å²) in [5.41, 5.74) is 0. The van der Waals surface area contributed by atoms with E-state index in [1.54, 1.807) is 0 Å². The van der Waals surface area contributed by atoms with Crippen LogP contribution >= 0.6 is 7.82 Å². The lowest BCUT2D eigenvalue weighted by Crippen LogP contribution is -2.47. The Kier molecular flexibility index (Phi) is 59.3. The van der Waals surface area contributed by atoms with Gasteiger partial charge in [0.1, 0.15) is 19.3 Å². The lowest BCUT2D eigenvalue weighted by Gasteiger charge is -2.27. The van der Waals surface area contributed by atoms with E-state index in [9.17, 15) is 19.0 Å². The Hall–Kier alpha value is -3.33. The second-order valence-electron chi connectivity index (χ2n) is 24.0. The first-order valence-electron chi connectivity index (χ1n) is 34.2. The topological polar surface area (TPSA) is 111 Å². The molecular weight excluding hydrogens is 1050 g/mol. The van der Waals surface area contributed by atoms with E-state index in [-0.39, 0.29) is 31.5 Å². The minimum absolute atomic E-state index is 0.0327. The number of amides is 1. The standard InChI is InChI=1S/C73H129N2O7P/c1-7-10-13-16-19-22-25-27-29-31-33-35-36-37-38-40-41-43-45-47-50-53-56-59-62-65-72(76)74-70(69-81-83(78,79)80-68-67-75(4,5)6)71(64-61-58-55-52-49-24-21-18-15-12-9-3)82-73(77)66-63-60-57-54-51-48-46-44-42-39-34-32-30-28-26-23-20-17-14-11-8-2/h10,13,19-20,22-23,27-30,33-35,37-39,61,64,70-71H,7-9,11-12,14-18,21,24-26,31-32,36,40-60,62-63,65-69H2,1-6H3,(H-,74,76,78,79)/p+1/b13-10-,22-19-,23-20-,29-27-,30-28-,35-33-,38-37-,39-34-,64-61-. The van der Waals surface area contributed by atoms with Gasteiger partial charge < -0.3 is 19.4 Å². The summed E-state index contributed by atoms with van der Waals surface area (Å²) in [7, 11) is 1.48. The molecule has 0 fully saturated rings. The molecular formula is C73H130N2O7P+. The van der Waals surface area contributed by atoms with Gasteiger partial charge in [0.15, 0.2) is 0 Å². The Balaban J connectivity index is 5.11. The number of unbranched alkanes of at least 4 members (excludes halogenated alkanes) is 29. The third kappa shape index (κ3) is 63.0. The minimum atomic E-state index is -4.46. The summed E-state index contributed by atoms with van der Waals surface area (Å²) in [5, 5.41) is 3.06. The van der Waals surface area contributed by atoms with Crippen LogP contribution in [0, 0.1) is 0 Å². The molecule has 0 saturated carbocycles. The first kappa shape index (κ1) is 79.7. The normalized spacial score (nSPS) is 14.3. The fraction of sp³-hybridized carbons (Fsp3) is 0.726. The zero-order chi connectivity index (χ0) is 60.7. The molecule has 0 bridgehead atoms. The molecule has 2 N–H and O–H groups in total. The van der Waals surface area contributed by atoms with Crippen LogP contribution in [0.3, 0.4) is 0 Å². The Morgan fingerprint density at radius 3 is 1.18 bits per heavy atom. The second kappa shape index (κ2) is 61.7. The molecule has 83 heavy (non-hydrogen) atoms. The third-order valence-corrected chi connectivity index (χ3v) is 15.7. The molecule has 3 unspecified atom stereocenters. The number of carbonyl (C=O) groups is 2. The number of phosphoric ester groups is 1. The molecule has 0 saturated heterocycles. The maximum Gasteiger partial charge on any atom is 0.472 e. The highest BCUT2D eigenvalue weighted by molar-refractivity contribution is 7.47. The van der Waals surface area contributed by atoms with Gasteiger partial charge in [0.05, 0.1) is 33.8 Å². The minimum Gasteiger partial charge on any atom is -0.456 e. The van der Waals surface area contributed by atoms with E-state index in [1.807, 2.05) is 33.3 Å². The van der Waals surface area contributed by atoms with E-state index in [2.05, 4.69) is 123 Å². The van der Waals surface area contributed by atoms with Crippen LogP contribution in [0.2, 0.25) is 0 Å². The molecule has 0 aromatic rings. The molecule has 0 aliphatic carbocycles. The number of nitrogens with one attached hydrogen (secondary N) is 1. The number of ether oxygens (including phenoxy) is 1. The average molecular weight is 1180 g/mol. The van der Waals surface area contributed by atoms with E-state index in [0.29, 0.717) is 17.4 Å². The lowest BCUT2D eigenvalue weighted by atomic mass is 10.0. The van der Waals surface area contributed by atoms with Crippen molar-refractivity contribution in [2.45, 2.75) is 303 Å². The highest BCUT2D eigenvalue weighted by atomic mass is 31.2. The third-order valence-electron chi connectivity index (χ3n) is 14.7. The van der Waals surface area contributed by atoms with Crippen molar-refractivity contribution in [1.29, 1.82) is 0 Å². The van der Waals surface area contributed by atoms with Crippen molar-refractivity contribution in [3.8, 4) is 0 Å². The van der Waals surface area contributed by atoms with Crippen molar-refractivity contribution in [3.05, 3.63) is 109 Å². The fourth-order valence-corrected chi connectivity index (χ4v) is 10.2. The van der Waals surface area contributed by atoms with Gasteiger partial charge in [-0.3, -0.25) is 18.6 Å². The molecule has 0 aromatic carbocycles. The van der Waals surface area contributed by atoms with E-state index in [0.717, 1.165) is 128 Å². The number of likely N-dealkylation sites (N-methyl/N-ethyl adjacent to an activating group) is 1. The van der Waals surface area contributed by atoms with Crippen LogP contribution in [0.25, 0.3) is 0 Å². The molecule has 0 spiro atoms. The highest BCUT2D eigenvalue weighted by Crippen LogP contribution is 2.43. The zero-order valence-corrected chi connectivity index (χ0v) is 55.6. The number of esters is 1. The number of phosphoric acid groups is 1. The van der Waals surface area contributed by atoms with Gasteiger partial charge in [0.25, 0.3) is 0 Å². The Bertz CT molecular complexity index is 1790. The maximum absolute atomic E-state index is 13.6. The molecule has 1 amide bonds. The number of hydrogen-bond donors (Lipinski definition) is 2. The van der Waals surface area contributed by atoms with Crippen LogP contribution in [0.15, 0.2) is 109 Å². The van der Waals surface area contributed by atoms with Crippen molar-refractivity contribution in [1.82, 2.24) is 5.32 Å². The fourth-order valence-electron chi connectivity index (χ4n) is 9.44. The van der Waals surface area contributed by atoms with Crippen LogP contribution in [0.4, 0.5) is 0 Å². The average Bonchev–Trinajstić information content (AvgIpc) is 3.51. The summed E-state index contributed by atoms with van der Waals surface area (Å²) in [6, 6.07) is -0.862. The van der Waals surface area contributed by atoms with E-state index in [1.165, 1.54) is 128 Å². The molecule has 10 heteroatoms. The van der Waals surface area contributed by atoms with Crippen LogP contribution in [0.5, 0.6) is 0 Å². The van der Waals surface area contributed by atoms with Crippen LogP contribution in [-0.4, -0.2) is 74.3 Å². The Morgan fingerprint density at radius 1 is 0.434 bits per heavy atom. The van der Waals surface area contributed by atoms with Gasteiger partial charge in [-0.15, -0.1) is 0 Å². The molecule has 0 heterocycles. The molecule has 0 aromatic heterocycles. The second-order valence-corrected chi connectivity index (χ2v) is 25.4. The van der Waals surface area contributed by atoms with Gasteiger partial charge in [-0.2, -0.15) is 0 Å². The largest absolute Gasteiger partial charge is 0.472 e. The molecule has 0 rings (SSSR count). The summed E-state index contributed by atoms with van der Waals surface area (Å²) in [6.45, 7) is 6.86. The van der Waals surface area contributed by atoms with E-state index in [4.69, 9.17) is 13.8 Å². The summed E-state index contributed by atoms with van der Waals surface area (Å²) in [4.78, 5) is 37.8. The first-order valence-corrected chi connectivity index (χ1v) is 35.7. The summed E-state index contributed by atoms with van der Waals surface area (Å²) < 4.78 is 30.8. The van der Waals surface area contributed by atoms with Gasteiger partial charge in [-0.05, 0) is 115 Å². The summed E-state index contributed by atoms with van der Waals surface area (Å²) >= 11 is 0. The number of hydrogen-bond acceptors (Lipinski definition) is 6. The first-order chi connectivity index (χ1) is 40.4. The summed E-state index contributed by atoms with van der Waals surface area (Å²) in [6.07, 6.45) is 85.2. The van der Waals surface area contributed by atoms with Crippen LogP contribution < -0.4 is 5.32 Å². The number of rotatable bonds is 61. The van der Waals surface area contributed by atoms with Gasteiger partial charge >= 0.3 is 13.8 Å². The molecule has 0 radical (unpaired) electrons.